The topological polar surface area (TPSA) is 42.0 Å². The summed E-state index contributed by atoms with van der Waals surface area (Å²) in [5.41, 5.74) is 3.36. The summed E-state index contributed by atoms with van der Waals surface area (Å²) in [6, 6.07) is 18.3. The SMILES string of the molecule is CCN(C(=O)CN1CCc2cc(OC)c(OC)cc2C1c1cccs1)c1ccccc1. The number of rotatable bonds is 7. The maximum Gasteiger partial charge on any atom is 0.241 e. The Morgan fingerprint density at radius 1 is 1.10 bits per heavy atom. The highest BCUT2D eigenvalue weighted by Gasteiger charge is 2.33. The van der Waals surface area contributed by atoms with Gasteiger partial charge < -0.3 is 14.4 Å². The number of methoxy groups -OCH3 is 2. The minimum atomic E-state index is 0.0157. The molecule has 1 aromatic heterocycles. The van der Waals surface area contributed by atoms with Crippen molar-refractivity contribution in [2.45, 2.75) is 19.4 Å². The molecule has 1 unspecified atom stereocenters. The highest BCUT2D eigenvalue weighted by atomic mass is 32.1. The van der Waals surface area contributed by atoms with Gasteiger partial charge in [-0.3, -0.25) is 9.69 Å². The Morgan fingerprint density at radius 3 is 2.48 bits per heavy atom. The van der Waals surface area contributed by atoms with Crippen molar-refractivity contribution in [1.29, 1.82) is 0 Å². The first kappa shape index (κ1) is 21.4. The Balaban J connectivity index is 1.67. The average molecular weight is 437 g/mol. The van der Waals surface area contributed by atoms with Gasteiger partial charge in [-0.25, -0.2) is 0 Å². The Hall–Kier alpha value is -2.83. The monoisotopic (exact) mass is 436 g/mol. The lowest BCUT2D eigenvalue weighted by atomic mass is 9.90. The van der Waals surface area contributed by atoms with E-state index in [9.17, 15) is 4.79 Å². The van der Waals surface area contributed by atoms with Crippen molar-refractivity contribution in [2.75, 3.05) is 38.8 Å². The number of fused-ring (bicyclic) bond motifs is 1. The van der Waals surface area contributed by atoms with Gasteiger partial charge >= 0.3 is 0 Å². The largest absolute Gasteiger partial charge is 0.493 e. The van der Waals surface area contributed by atoms with Crippen molar-refractivity contribution < 1.29 is 14.3 Å². The summed E-state index contributed by atoms with van der Waals surface area (Å²) in [6.45, 7) is 3.83. The number of hydrogen-bond acceptors (Lipinski definition) is 5. The Morgan fingerprint density at radius 2 is 1.84 bits per heavy atom. The van der Waals surface area contributed by atoms with Gasteiger partial charge in [0.15, 0.2) is 11.5 Å². The highest BCUT2D eigenvalue weighted by Crippen LogP contribution is 2.42. The lowest BCUT2D eigenvalue weighted by molar-refractivity contribution is -0.120. The number of nitrogens with zero attached hydrogens (tertiary/aromatic N) is 2. The highest BCUT2D eigenvalue weighted by molar-refractivity contribution is 7.10. The molecule has 2 heterocycles. The fourth-order valence-electron chi connectivity index (χ4n) is 4.32. The van der Waals surface area contributed by atoms with Gasteiger partial charge in [-0.1, -0.05) is 24.3 Å². The predicted molar refractivity (Wildman–Crippen MR) is 125 cm³/mol. The minimum Gasteiger partial charge on any atom is -0.493 e. The van der Waals surface area contributed by atoms with Crippen molar-refractivity contribution in [1.82, 2.24) is 4.90 Å². The fourth-order valence-corrected chi connectivity index (χ4v) is 5.19. The Kier molecular flexibility index (Phi) is 6.59. The molecule has 0 N–H and O–H groups in total. The molecule has 6 heteroatoms. The van der Waals surface area contributed by atoms with E-state index in [0.29, 0.717) is 13.1 Å². The smallest absolute Gasteiger partial charge is 0.241 e. The molecular weight excluding hydrogens is 408 g/mol. The number of likely N-dealkylation sites (N-methyl/N-ethyl adjacent to an activating group) is 1. The summed E-state index contributed by atoms with van der Waals surface area (Å²) in [4.78, 5) is 18.7. The van der Waals surface area contributed by atoms with E-state index in [1.54, 1.807) is 25.6 Å². The van der Waals surface area contributed by atoms with Crippen molar-refractivity contribution >= 4 is 22.9 Å². The number of ether oxygens (including phenoxy) is 2. The molecule has 1 aliphatic heterocycles. The zero-order valence-corrected chi connectivity index (χ0v) is 19.0. The van der Waals surface area contributed by atoms with Gasteiger partial charge in [0.05, 0.1) is 26.8 Å². The maximum atomic E-state index is 13.3. The molecule has 0 fully saturated rings. The molecule has 0 bridgehead atoms. The molecule has 0 aliphatic carbocycles. The van der Waals surface area contributed by atoms with E-state index >= 15 is 0 Å². The van der Waals surface area contributed by atoms with Crippen LogP contribution in [0.3, 0.4) is 0 Å². The van der Waals surface area contributed by atoms with Crippen LogP contribution in [0.25, 0.3) is 0 Å². The molecule has 31 heavy (non-hydrogen) atoms. The third-order valence-electron chi connectivity index (χ3n) is 5.81. The standard InChI is InChI=1S/C25H28N2O3S/c1-4-27(19-9-6-5-7-10-19)24(28)17-26-13-12-18-15-21(29-2)22(30-3)16-20(18)25(26)23-11-8-14-31-23/h5-11,14-16,25H,4,12-13,17H2,1-3H3. The molecule has 1 aliphatic rings. The molecule has 162 valence electrons. The zero-order valence-electron chi connectivity index (χ0n) is 18.2. The van der Waals surface area contributed by atoms with Gasteiger partial charge in [0.2, 0.25) is 5.91 Å². The number of benzene rings is 2. The summed E-state index contributed by atoms with van der Waals surface area (Å²) in [5.74, 6) is 1.58. The Labute approximate surface area is 187 Å². The van der Waals surface area contributed by atoms with Gasteiger partial charge in [-0.2, -0.15) is 0 Å². The van der Waals surface area contributed by atoms with Gasteiger partial charge in [-0.15, -0.1) is 11.3 Å². The number of thiophene rings is 1. The molecule has 0 radical (unpaired) electrons. The molecule has 2 aromatic carbocycles. The first-order valence-electron chi connectivity index (χ1n) is 10.5. The molecular formula is C25H28N2O3S. The second-order valence-electron chi connectivity index (χ2n) is 7.52. The first-order chi connectivity index (χ1) is 15.2. The molecule has 3 aromatic rings. The van der Waals surface area contributed by atoms with Crippen molar-refractivity contribution in [3.63, 3.8) is 0 Å². The van der Waals surface area contributed by atoms with Crippen LogP contribution in [0, 0.1) is 0 Å². The van der Waals surface area contributed by atoms with Gasteiger partial charge in [0, 0.05) is 23.7 Å². The quantitative estimate of drug-likeness (QED) is 0.535. The molecule has 0 spiro atoms. The van der Waals surface area contributed by atoms with Crippen molar-refractivity contribution in [3.8, 4) is 11.5 Å². The lowest BCUT2D eigenvalue weighted by Gasteiger charge is -2.38. The van der Waals surface area contributed by atoms with Gasteiger partial charge in [0.25, 0.3) is 0 Å². The van der Waals surface area contributed by atoms with E-state index in [1.165, 1.54) is 16.0 Å². The van der Waals surface area contributed by atoms with Crippen molar-refractivity contribution in [2.24, 2.45) is 0 Å². The van der Waals surface area contributed by atoms with E-state index in [2.05, 4.69) is 34.5 Å². The molecule has 0 saturated heterocycles. The number of anilines is 1. The summed E-state index contributed by atoms with van der Waals surface area (Å²) in [7, 11) is 3.32. The molecule has 1 amide bonds. The van der Waals surface area contributed by atoms with E-state index in [-0.39, 0.29) is 11.9 Å². The van der Waals surface area contributed by atoms with Crippen LogP contribution in [0.4, 0.5) is 5.69 Å². The third kappa shape index (κ3) is 4.31. The van der Waals surface area contributed by atoms with Crippen LogP contribution in [-0.2, 0) is 11.2 Å². The van der Waals surface area contributed by atoms with Crippen LogP contribution >= 0.6 is 11.3 Å². The van der Waals surface area contributed by atoms with Crippen LogP contribution in [0.5, 0.6) is 11.5 Å². The second-order valence-corrected chi connectivity index (χ2v) is 8.50. The molecule has 0 saturated carbocycles. The third-order valence-corrected chi connectivity index (χ3v) is 6.73. The molecule has 4 rings (SSSR count). The zero-order chi connectivity index (χ0) is 21.8. The second kappa shape index (κ2) is 9.54. The minimum absolute atomic E-state index is 0.0157. The summed E-state index contributed by atoms with van der Waals surface area (Å²) in [5, 5.41) is 2.09. The number of amides is 1. The van der Waals surface area contributed by atoms with Crippen LogP contribution in [0.1, 0.15) is 29.0 Å². The maximum absolute atomic E-state index is 13.3. The molecule has 5 nitrogen and oxygen atoms in total. The Bertz CT molecular complexity index is 1020. The van der Waals surface area contributed by atoms with Crippen LogP contribution in [-0.4, -0.2) is 44.7 Å². The van der Waals surface area contributed by atoms with Gasteiger partial charge in [-0.05, 0) is 60.2 Å². The first-order valence-corrected chi connectivity index (χ1v) is 11.4. The van der Waals surface area contributed by atoms with Crippen LogP contribution in [0.2, 0.25) is 0 Å². The summed E-state index contributed by atoms with van der Waals surface area (Å²) < 4.78 is 11.1. The van der Waals surface area contributed by atoms with E-state index < -0.39 is 0 Å². The summed E-state index contributed by atoms with van der Waals surface area (Å²) >= 11 is 1.72. The predicted octanol–water partition coefficient (Wildman–Crippen LogP) is 4.77. The number of carbonyl (C=O) groups is 1. The number of hydrogen-bond donors (Lipinski definition) is 0. The van der Waals surface area contributed by atoms with E-state index in [0.717, 1.165) is 30.2 Å². The number of carbonyl (C=O) groups excluding carboxylic acids is 1. The van der Waals surface area contributed by atoms with E-state index in [1.807, 2.05) is 42.2 Å². The van der Waals surface area contributed by atoms with Crippen LogP contribution < -0.4 is 14.4 Å². The molecule has 1 atom stereocenters. The fraction of sp³-hybridized carbons (Fsp3) is 0.320. The van der Waals surface area contributed by atoms with Gasteiger partial charge in [0.1, 0.15) is 0 Å². The lowest BCUT2D eigenvalue weighted by Crippen LogP contribution is -2.44. The number of para-hydroxylation sites is 1. The van der Waals surface area contributed by atoms with Crippen molar-refractivity contribution in [3.05, 3.63) is 76.0 Å². The van der Waals surface area contributed by atoms with Crippen LogP contribution in [0.15, 0.2) is 60.0 Å². The average Bonchev–Trinajstić information content (AvgIpc) is 3.33. The summed E-state index contributed by atoms with van der Waals surface area (Å²) in [6.07, 6.45) is 0.863. The van der Waals surface area contributed by atoms with E-state index in [4.69, 9.17) is 9.47 Å². The normalized spacial score (nSPS) is 15.9.